The van der Waals surface area contributed by atoms with E-state index in [1.54, 1.807) is 6.07 Å². The molecule has 0 radical (unpaired) electrons. The lowest BCUT2D eigenvalue weighted by atomic mass is 9.55. The van der Waals surface area contributed by atoms with E-state index in [1.165, 1.54) is 30.5 Å². The minimum atomic E-state index is -4.34. The van der Waals surface area contributed by atoms with Crippen molar-refractivity contribution >= 4 is 24.1 Å². The topological polar surface area (TPSA) is 32.8 Å². The lowest BCUT2D eigenvalue weighted by molar-refractivity contribution is -0.146. The van der Waals surface area contributed by atoms with Crippen molar-refractivity contribution in [1.29, 1.82) is 0 Å². The molecule has 4 nitrogen and oxygen atoms in total. The molecule has 2 saturated carbocycles. The molecule has 5 rings (SSSR count). The number of carbonyl (C=O) groups excluding carboxylic acids is 1. The fraction of sp³-hybridized carbons (Fsp3) is 0.654. The maximum Gasteiger partial charge on any atom is 0.416 e. The molecule has 0 amide bonds. The number of hydrogen-bond donors (Lipinski definition) is 0. The summed E-state index contributed by atoms with van der Waals surface area (Å²) in [6.45, 7) is 10.1. The van der Waals surface area contributed by atoms with Crippen LogP contribution in [-0.2, 0) is 15.7 Å². The molecule has 1 aromatic rings. The van der Waals surface area contributed by atoms with Gasteiger partial charge in [-0.25, -0.2) is 0 Å². The zero-order chi connectivity index (χ0) is 23.4. The highest BCUT2D eigenvalue weighted by Crippen LogP contribution is 2.57. The minimum Gasteiger partial charge on any atom is -0.462 e. The maximum absolute atomic E-state index is 13.1. The predicted molar refractivity (Wildman–Crippen MR) is 128 cm³/mol. The number of rotatable bonds is 3. The predicted octanol–water partition coefficient (Wildman–Crippen LogP) is 5.56. The number of carbonyl (C=O) groups is 1. The normalized spacial score (nSPS) is 34.2. The quantitative estimate of drug-likeness (QED) is 0.403. The Labute approximate surface area is 205 Å². The highest BCUT2D eigenvalue weighted by molar-refractivity contribution is 5.85. The molecule has 2 aliphatic heterocycles. The Balaban J connectivity index is 0.00000274. The van der Waals surface area contributed by atoms with Gasteiger partial charge >= 0.3 is 12.1 Å². The minimum absolute atomic E-state index is 0. The van der Waals surface area contributed by atoms with Crippen molar-refractivity contribution in [3.8, 4) is 0 Å². The molecule has 8 heteroatoms. The number of piperazine rings is 1. The molecule has 0 bridgehead atoms. The van der Waals surface area contributed by atoms with Crippen molar-refractivity contribution in [2.75, 3.05) is 37.6 Å². The van der Waals surface area contributed by atoms with Crippen LogP contribution in [0.15, 0.2) is 36.4 Å². The van der Waals surface area contributed by atoms with Crippen molar-refractivity contribution < 1.29 is 22.7 Å². The second-order valence-corrected chi connectivity index (χ2v) is 10.7. The summed E-state index contributed by atoms with van der Waals surface area (Å²) in [5, 5.41) is 0. The third kappa shape index (κ3) is 4.70. The summed E-state index contributed by atoms with van der Waals surface area (Å²) in [5.41, 5.74) is 1.53. The zero-order valence-electron chi connectivity index (χ0n) is 19.7. The molecule has 2 aliphatic carbocycles. The van der Waals surface area contributed by atoms with Gasteiger partial charge in [-0.3, -0.25) is 9.69 Å². The summed E-state index contributed by atoms with van der Waals surface area (Å²) >= 11 is 0. The van der Waals surface area contributed by atoms with E-state index < -0.39 is 11.7 Å². The number of benzene rings is 1. The Bertz CT molecular complexity index is 931. The van der Waals surface area contributed by atoms with Gasteiger partial charge in [-0.1, -0.05) is 25.1 Å². The van der Waals surface area contributed by atoms with Gasteiger partial charge in [0.05, 0.1) is 11.5 Å². The van der Waals surface area contributed by atoms with Gasteiger partial charge in [-0.05, 0) is 61.6 Å². The molecule has 34 heavy (non-hydrogen) atoms. The molecule has 2 saturated heterocycles. The SMILES string of the molecule is C=C1CCC[C@]2(C)C[C@H]3OC(=O)C(CN4CCN(c5cccc(C(F)(F)F)c5)CC4)[C@H]3CC12.Cl. The fourth-order valence-corrected chi connectivity index (χ4v) is 6.81. The van der Waals surface area contributed by atoms with E-state index in [1.807, 2.05) is 4.90 Å². The van der Waals surface area contributed by atoms with E-state index in [2.05, 4.69) is 18.4 Å². The molecule has 0 spiro atoms. The standard InChI is InChI=1S/C26H33F3N2O2.ClH/c1-17-5-4-8-25(2)15-23-20(14-22(17)25)21(24(32)33-23)16-30-9-11-31(12-10-30)19-7-3-6-18(13-19)26(27,28)29;/h3,6-7,13,20-23H,1,4-5,8-12,14-16H2,2H3;1H/t20-,21?,22?,23-,25-;/m1./s1. The number of halogens is 4. The molecule has 188 valence electrons. The Hall–Kier alpha value is -1.73. The van der Waals surface area contributed by atoms with Gasteiger partial charge in [0.1, 0.15) is 6.10 Å². The van der Waals surface area contributed by atoms with Gasteiger partial charge in [-0.2, -0.15) is 13.2 Å². The van der Waals surface area contributed by atoms with E-state index in [0.717, 1.165) is 38.4 Å². The molecule has 5 atom stereocenters. The number of ether oxygens (including phenoxy) is 1. The second kappa shape index (κ2) is 9.38. The number of anilines is 1. The van der Waals surface area contributed by atoms with Crippen molar-refractivity contribution in [3.05, 3.63) is 42.0 Å². The summed E-state index contributed by atoms with van der Waals surface area (Å²) in [4.78, 5) is 17.1. The van der Waals surface area contributed by atoms with Gasteiger partial charge in [0.15, 0.2) is 0 Å². The van der Waals surface area contributed by atoms with Crippen LogP contribution < -0.4 is 4.90 Å². The first kappa shape index (κ1) is 25.4. The van der Waals surface area contributed by atoms with Gasteiger partial charge in [-0.15, -0.1) is 12.4 Å². The van der Waals surface area contributed by atoms with Crippen LogP contribution >= 0.6 is 12.4 Å². The van der Waals surface area contributed by atoms with E-state index in [4.69, 9.17) is 4.74 Å². The number of esters is 1. The average molecular weight is 499 g/mol. The first-order chi connectivity index (χ1) is 15.6. The summed E-state index contributed by atoms with van der Waals surface area (Å²) in [6.07, 6.45) is 1.05. The van der Waals surface area contributed by atoms with Crippen molar-refractivity contribution in [3.63, 3.8) is 0 Å². The number of allylic oxidation sites excluding steroid dienone is 1. The molecule has 1 aromatic carbocycles. The van der Waals surface area contributed by atoms with E-state index in [0.29, 0.717) is 31.2 Å². The molecule has 2 unspecified atom stereocenters. The Morgan fingerprint density at radius 1 is 1.21 bits per heavy atom. The van der Waals surface area contributed by atoms with Gasteiger partial charge in [0.25, 0.3) is 0 Å². The summed E-state index contributed by atoms with van der Waals surface area (Å²) in [5.74, 6) is 0.529. The van der Waals surface area contributed by atoms with E-state index >= 15 is 0 Å². The number of nitrogens with zero attached hydrogens (tertiary/aromatic N) is 2. The first-order valence-corrected chi connectivity index (χ1v) is 12.2. The molecule has 2 heterocycles. The van der Waals surface area contributed by atoms with Crippen LogP contribution in [0.4, 0.5) is 18.9 Å². The second-order valence-electron chi connectivity index (χ2n) is 10.7. The Kier molecular flexibility index (Phi) is 7.00. The molecular weight excluding hydrogens is 465 g/mol. The summed E-state index contributed by atoms with van der Waals surface area (Å²) in [7, 11) is 0. The third-order valence-electron chi connectivity index (χ3n) is 8.69. The zero-order valence-corrected chi connectivity index (χ0v) is 20.5. The van der Waals surface area contributed by atoms with Crippen LogP contribution in [-0.4, -0.2) is 49.7 Å². The lowest BCUT2D eigenvalue weighted by Crippen LogP contribution is -2.50. The average Bonchev–Trinajstić information content (AvgIpc) is 3.06. The van der Waals surface area contributed by atoms with Gasteiger partial charge in [0.2, 0.25) is 0 Å². The molecular formula is C26H34ClF3N2O2. The van der Waals surface area contributed by atoms with Crippen LogP contribution in [0, 0.1) is 23.2 Å². The van der Waals surface area contributed by atoms with Crippen molar-refractivity contribution in [2.24, 2.45) is 23.2 Å². The molecule has 0 N–H and O–H groups in total. The van der Waals surface area contributed by atoms with E-state index in [9.17, 15) is 18.0 Å². The molecule has 0 aromatic heterocycles. The highest BCUT2D eigenvalue weighted by atomic mass is 35.5. The van der Waals surface area contributed by atoms with Crippen LogP contribution in [0.5, 0.6) is 0 Å². The third-order valence-corrected chi connectivity index (χ3v) is 8.69. The monoisotopic (exact) mass is 498 g/mol. The molecule has 4 fully saturated rings. The fourth-order valence-electron chi connectivity index (χ4n) is 6.81. The maximum atomic E-state index is 13.1. The lowest BCUT2D eigenvalue weighted by Gasteiger charge is -2.50. The van der Waals surface area contributed by atoms with E-state index in [-0.39, 0.29) is 41.7 Å². The Morgan fingerprint density at radius 3 is 2.65 bits per heavy atom. The summed E-state index contributed by atoms with van der Waals surface area (Å²) in [6, 6.07) is 5.54. The summed E-state index contributed by atoms with van der Waals surface area (Å²) < 4.78 is 45.1. The first-order valence-electron chi connectivity index (χ1n) is 12.2. The van der Waals surface area contributed by atoms with Crippen molar-refractivity contribution in [1.82, 2.24) is 4.90 Å². The number of fused-ring (bicyclic) bond motifs is 2. The Morgan fingerprint density at radius 2 is 1.94 bits per heavy atom. The number of hydrogen-bond acceptors (Lipinski definition) is 4. The number of alkyl halides is 3. The van der Waals surface area contributed by atoms with Gasteiger partial charge in [0, 0.05) is 44.3 Å². The van der Waals surface area contributed by atoms with Gasteiger partial charge < -0.3 is 9.64 Å². The van der Waals surface area contributed by atoms with Crippen LogP contribution in [0.3, 0.4) is 0 Å². The largest absolute Gasteiger partial charge is 0.462 e. The highest BCUT2D eigenvalue weighted by Gasteiger charge is 2.55. The van der Waals surface area contributed by atoms with Crippen LogP contribution in [0.1, 0.15) is 44.6 Å². The van der Waals surface area contributed by atoms with Crippen LogP contribution in [0.2, 0.25) is 0 Å². The smallest absolute Gasteiger partial charge is 0.416 e. The van der Waals surface area contributed by atoms with Crippen LogP contribution in [0.25, 0.3) is 0 Å². The molecule has 4 aliphatic rings. The van der Waals surface area contributed by atoms with Crippen molar-refractivity contribution in [2.45, 2.75) is 51.3 Å².